The van der Waals surface area contributed by atoms with E-state index in [9.17, 15) is 0 Å². The molecular formula is C13H14N2. The fourth-order valence-corrected chi connectivity index (χ4v) is 1.49. The summed E-state index contributed by atoms with van der Waals surface area (Å²) in [5.74, 6) is 0. The number of hydrogen-bond donors (Lipinski definition) is 1. The quantitative estimate of drug-likeness (QED) is 0.823. The number of hydrogen-bond acceptors (Lipinski definition) is 2. The van der Waals surface area contributed by atoms with Gasteiger partial charge in [0.1, 0.15) is 0 Å². The number of benzene rings is 1. The van der Waals surface area contributed by atoms with Crippen molar-refractivity contribution in [3.05, 3.63) is 48.2 Å². The van der Waals surface area contributed by atoms with E-state index in [4.69, 9.17) is 5.73 Å². The van der Waals surface area contributed by atoms with E-state index in [0.29, 0.717) is 6.54 Å². The molecule has 2 rings (SSSR count). The minimum Gasteiger partial charge on any atom is -0.330 e. The third-order valence-electron chi connectivity index (χ3n) is 2.26. The number of rotatable bonds is 3. The molecule has 1 aromatic heterocycles. The molecule has 0 saturated carbocycles. The van der Waals surface area contributed by atoms with E-state index >= 15 is 0 Å². The predicted octanol–water partition coefficient (Wildman–Crippen LogP) is 2.60. The summed E-state index contributed by atoms with van der Waals surface area (Å²) in [5, 5.41) is 1.17. The Morgan fingerprint density at radius 1 is 1.27 bits per heavy atom. The standard InChI is InChI=1S/C13H14N2/c14-8-4-3-5-11-9-12-6-1-2-7-13(12)15-10-11/h1-3,5-7,9-10H,4,8,14H2/b5-3+. The van der Waals surface area contributed by atoms with Crippen molar-refractivity contribution in [2.24, 2.45) is 5.73 Å². The van der Waals surface area contributed by atoms with Gasteiger partial charge in [0.25, 0.3) is 0 Å². The SMILES string of the molecule is NCC/C=C/c1cnc2ccccc2c1. The van der Waals surface area contributed by atoms with Crippen molar-refractivity contribution in [2.75, 3.05) is 6.54 Å². The average molecular weight is 198 g/mol. The minimum atomic E-state index is 0.692. The van der Waals surface area contributed by atoms with Gasteiger partial charge >= 0.3 is 0 Å². The Morgan fingerprint density at radius 2 is 2.13 bits per heavy atom. The molecule has 2 heteroatoms. The molecule has 0 unspecified atom stereocenters. The van der Waals surface area contributed by atoms with Crippen molar-refractivity contribution < 1.29 is 0 Å². The zero-order valence-corrected chi connectivity index (χ0v) is 8.56. The summed E-state index contributed by atoms with van der Waals surface area (Å²) in [4.78, 5) is 4.38. The van der Waals surface area contributed by atoms with E-state index in [-0.39, 0.29) is 0 Å². The molecule has 0 amide bonds. The van der Waals surface area contributed by atoms with E-state index in [2.05, 4.69) is 29.3 Å². The molecule has 1 heterocycles. The second-order valence-electron chi connectivity index (χ2n) is 3.44. The van der Waals surface area contributed by atoms with Crippen LogP contribution in [0.25, 0.3) is 17.0 Å². The zero-order valence-electron chi connectivity index (χ0n) is 8.56. The Bertz CT molecular complexity index is 475. The van der Waals surface area contributed by atoms with Gasteiger partial charge in [0, 0.05) is 11.6 Å². The number of pyridine rings is 1. The molecule has 0 aliphatic heterocycles. The second-order valence-corrected chi connectivity index (χ2v) is 3.44. The number of nitrogens with zero attached hydrogens (tertiary/aromatic N) is 1. The number of nitrogens with two attached hydrogens (primary N) is 1. The highest BCUT2D eigenvalue weighted by molar-refractivity contribution is 5.80. The number of para-hydroxylation sites is 1. The van der Waals surface area contributed by atoms with Crippen molar-refractivity contribution in [3.8, 4) is 0 Å². The van der Waals surface area contributed by atoms with Crippen LogP contribution >= 0.6 is 0 Å². The molecule has 2 nitrogen and oxygen atoms in total. The molecule has 0 fully saturated rings. The fourth-order valence-electron chi connectivity index (χ4n) is 1.49. The molecule has 0 aliphatic rings. The smallest absolute Gasteiger partial charge is 0.0702 e. The molecule has 0 saturated heterocycles. The first-order valence-corrected chi connectivity index (χ1v) is 5.11. The van der Waals surface area contributed by atoms with Gasteiger partial charge in [-0.1, -0.05) is 30.4 Å². The van der Waals surface area contributed by atoms with E-state index in [1.54, 1.807) is 0 Å². The van der Waals surface area contributed by atoms with Gasteiger partial charge in [0.2, 0.25) is 0 Å². The monoisotopic (exact) mass is 198 g/mol. The van der Waals surface area contributed by atoms with Crippen LogP contribution in [-0.2, 0) is 0 Å². The Hall–Kier alpha value is -1.67. The summed E-state index contributed by atoms with van der Waals surface area (Å²) in [6.07, 6.45) is 6.93. The van der Waals surface area contributed by atoms with E-state index in [0.717, 1.165) is 17.5 Å². The maximum absolute atomic E-state index is 5.42. The van der Waals surface area contributed by atoms with Crippen molar-refractivity contribution in [1.82, 2.24) is 4.98 Å². The van der Waals surface area contributed by atoms with E-state index < -0.39 is 0 Å². The molecule has 0 radical (unpaired) electrons. The Morgan fingerprint density at radius 3 is 3.00 bits per heavy atom. The van der Waals surface area contributed by atoms with Crippen LogP contribution in [0.15, 0.2) is 42.6 Å². The third-order valence-corrected chi connectivity index (χ3v) is 2.26. The van der Waals surface area contributed by atoms with E-state index in [1.807, 2.05) is 24.4 Å². The summed E-state index contributed by atoms with van der Waals surface area (Å²) < 4.78 is 0. The summed E-state index contributed by atoms with van der Waals surface area (Å²) in [5.41, 5.74) is 7.58. The van der Waals surface area contributed by atoms with Crippen LogP contribution in [0.1, 0.15) is 12.0 Å². The molecule has 0 atom stereocenters. The Labute approximate surface area is 89.4 Å². The number of fused-ring (bicyclic) bond motifs is 1. The van der Waals surface area contributed by atoms with Gasteiger partial charge in [-0.2, -0.15) is 0 Å². The maximum Gasteiger partial charge on any atom is 0.0702 e. The average Bonchev–Trinajstić information content (AvgIpc) is 2.29. The molecule has 2 N–H and O–H groups in total. The highest BCUT2D eigenvalue weighted by atomic mass is 14.6. The molecule has 2 aromatic rings. The minimum absolute atomic E-state index is 0.692. The Balaban J connectivity index is 2.30. The van der Waals surface area contributed by atoms with E-state index in [1.165, 1.54) is 5.39 Å². The molecule has 76 valence electrons. The van der Waals surface area contributed by atoms with Crippen LogP contribution in [0.5, 0.6) is 0 Å². The molecular weight excluding hydrogens is 184 g/mol. The number of aromatic nitrogens is 1. The first kappa shape index (κ1) is 9.87. The summed E-state index contributed by atoms with van der Waals surface area (Å²) >= 11 is 0. The fraction of sp³-hybridized carbons (Fsp3) is 0.154. The third kappa shape index (κ3) is 2.42. The first-order chi connectivity index (χ1) is 7.40. The lowest BCUT2D eigenvalue weighted by molar-refractivity contribution is 1.01. The normalized spacial score (nSPS) is 11.3. The van der Waals surface area contributed by atoms with Gasteiger partial charge in [-0.3, -0.25) is 4.98 Å². The lowest BCUT2D eigenvalue weighted by Crippen LogP contribution is -1.94. The lowest BCUT2D eigenvalue weighted by Gasteiger charge is -1.97. The van der Waals surface area contributed by atoms with Crippen LogP contribution in [0, 0.1) is 0 Å². The maximum atomic E-state index is 5.42. The molecule has 0 spiro atoms. The summed E-state index contributed by atoms with van der Waals surface area (Å²) in [6, 6.07) is 10.2. The topological polar surface area (TPSA) is 38.9 Å². The van der Waals surface area contributed by atoms with Crippen LogP contribution in [0.4, 0.5) is 0 Å². The molecule has 15 heavy (non-hydrogen) atoms. The summed E-state index contributed by atoms with van der Waals surface area (Å²) in [6.45, 7) is 0.692. The van der Waals surface area contributed by atoms with Crippen molar-refractivity contribution in [3.63, 3.8) is 0 Å². The van der Waals surface area contributed by atoms with Crippen molar-refractivity contribution in [2.45, 2.75) is 6.42 Å². The van der Waals surface area contributed by atoms with Gasteiger partial charge in [-0.15, -0.1) is 0 Å². The van der Waals surface area contributed by atoms with Gasteiger partial charge in [-0.25, -0.2) is 0 Å². The van der Waals surface area contributed by atoms with Crippen LogP contribution < -0.4 is 5.73 Å². The first-order valence-electron chi connectivity index (χ1n) is 5.11. The van der Waals surface area contributed by atoms with Gasteiger partial charge < -0.3 is 5.73 Å². The molecule has 0 bridgehead atoms. The van der Waals surface area contributed by atoms with Crippen molar-refractivity contribution >= 4 is 17.0 Å². The zero-order chi connectivity index (χ0) is 10.5. The summed E-state index contributed by atoms with van der Waals surface area (Å²) in [7, 11) is 0. The van der Waals surface area contributed by atoms with Crippen LogP contribution in [-0.4, -0.2) is 11.5 Å². The van der Waals surface area contributed by atoms with Crippen LogP contribution in [0.2, 0.25) is 0 Å². The van der Waals surface area contributed by atoms with Gasteiger partial charge in [0.15, 0.2) is 0 Å². The van der Waals surface area contributed by atoms with Gasteiger partial charge in [0.05, 0.1) is 5.52 Å². The second kappa shape index (κ2) is 4.71. The lowest BCUT2D eigenvalue weighted by atomic mass is 10.1. The largest absolute Gasteiger partial charge is 0.330 e. The highest BCUT2D eigenvalue weighted by Crippen LogP contribution is 2.13. The van der Waals surface area contributed by atoms with Crippen LogP contribution in [0.3, 0.4) is 0 Å². The molecule has 0 aliphatic carbocycles. The highest BCUT2D eigenvalue weighted by Gasteiger charge is 1.93. The predicted molar refractivity (Wildman–Crippen MR) is 64.4 cm³/mol. The van der Waals surface area contributed by atoms with Gasteiger partial charge in [-0.05, 0) is 30.7 Å². The molecule has 1 aromatic carbocycles. The van der Waals surface area contributed by atoms with Crippen molar-refractivity contribution in [1.29, 1.82) is 0 Å². The Kier molecular flexibility index (Phi) is 3.10.